The number of rotatable bonds is 5. The number of aromatic carboxylic acids is 5. The molecule has 323 valence electrons. The van der Waals surface area contributed by atoms with Crippen LogP contribution in [0.3, 0.4) is 0 Å². The molecule has 0 spiro atoms. The first kappa shape index (κ1) is 56.5. The Morgan fingerprint density at radius 1 is 0.290 bits per heavy atom. The third kappa shape index (κ3) is 16.2. The smallest absolute Gasteiger partial charge is 0.545 e. The summed E-state index contributed by atoms with van der Waals surface area (Å²) in [6.45, 7) is 0. The van der Waals surface area contributed by atoms with Crippen LogP contribution in [-0.4, -0.2) is 145 Å². The van der Waals surface area contributed by atoms with E-state index in [9.17, 15) is 34.2 Å². The summed E-state index contributed by atoms with van der Waals surface area (Å²) in [6.07, 6.45) is 0. The van der Waals surface area contributed by atoms with Crippen LogP contribution in [0, 0.1) is 35.6 Å². The number of carboxylic acid groups (broad SMARTS) is 5. The maximum atomic E-state index is 10.3. The normalized spacial score (nSPS) is 9.35. The second-order valence-electron chi connectivity index (χ2n) is 10.8. The molecule has 25 nitrogen and oxygen atoms in total. The topological polar surface area (TPSA) is 496 Å². The molecule has 0 unspecified atom stereocenters. The number of phenols is 15. The zero-order valence-corrected chi connectivity index (χ0v) is 35.5. The maximum absolute atomic E-state index is 10.3. The molecule has 0 saturated carbocycles. The molecule has 0 bridgehead atoms. The van der Waals surface area contributed by atoms with E-state index >= 15 is 0 Å². The molecule has 0 fully saturated rings. The number of carbonyl (C=O) groups excluding carboxylic acids is 2. The number of hydrogen-bond acceptors (Lipinski definition) is 22. The third-order valence-corrected chi connectivity index (χ3v) is 6.56. The van der Waals surface area contributed by atoms with Crippen molar-refractivity contribution in [3.05, 3.63) is 88.5 Å². The van der Waals surface area contributed by atoms with Crippen molar-refractivity contribution in [1.29, 1.82) is 0 Å². The zero-order chi connectivity index (χ0) is 46.5. The molecule has 5 aromatic rings. The van der Waals surface area contributed by atoms with E-state index in [1.165, 1.54) is 0 Å². The molecule has 0 aliphatic heterocycles. The Morgan fingerprint density at radius 3 is 0.500 bits per heavy atom. The molecular weight excluding hydrogens is 984 g/mol. The van der Waals surface area contributed by atoms with Crippen LogP contribution in [0.2, 0.25) is 0 Å². The molecule has 0 amide bonds. The van der Waals surface area contributed by atoms with Gasteiger partial charge in [0.25, 0.3) is 0 Å². The van der Waals surface area contributed by atoms with E-state index in [4.69, 9.17) is 91.9 Å². The Bertz CT molecular complexity index is 1940. The molecule has 0 aliphatic rings. The van der Waals surface area contributed by atoms with E-state index in [-0.39, 0.29) is 75.3 Å². The van der Waals surface area contributed by atoms with Crippen LogP contribution in [0.15, 0.2) is 60.7 Å². The predicted molar refractivity (Wildman–Crippen MR) is 192 cm³/mol. The molecule has 5 rings (SSSR count). The largest absolute Gasteiger partial charge is 2.00 e. The van der Waals surface area contributed by atoms with Crippen molar-refractivity contribution in [3.63, 3.8) is 0 Å². The summed E-state index contributed by atoms with van der Waals surface area (Å²) in [5, 5.41) is 178. The fraction of sp³-hybridized carbons (Fsp3) is 0. The number of benzene rings is 5. The standard InChI is InChI=1S/5C7H6O5.La.Mg/c5*8-4-1-3(7(11)12)2-5(9)6(4)10;;/h5*1-2,8-10H,(H,11,12);;/q;;;;;;+2/p-2. The molecule has 18 N–H and O–H groups in total. The third-order valence-electron chi connectivity index (χ3n) is 6.56. The molecule has 0 aromatic heterocycles. The summed E-state index contributed by atoms with van der Waals surface area (Å²) >= 11 is 0. The van der Waals surface area contributed by atoms with Gasteiger partial charge in [-0.25, -0.2) is 14.4 Å². The van der Waals surface area contributed by atoms with Crippen LogP contribution in [0.4, 0.5) is 0 Å². The minimum absolute atomic E-state index is 0. The van der Waals surface area contributed by atoms with Crippen LogP contribution in [0.5, 0.6) is 86.2 Å². The summed E-state index contributed by atoms with van der Waals surface area (Å²) in [4.78, 5) is 51.3. The van der Waals surface area contributed by atoms with Crippen molar-refractivity contribution < 1.29 is 162 Å². The fourth-order valence-electron chi connectivity index (χ4n) is 3.63. The van der Waals surface area contributed by atoms with Crippen molar-refractivity contribution in [2.75, 3.05) is 0 Å². The number of aromatic hydroxyl groups is 15. The van der Waals surface area contributed by atoms with Gasteiger partial charge in [0.15, 0.2) is 86.2 Å². The van der Waals surface area contributed by atoms with Gasteiger partial charge in [0, 0.05) is 46.7 Å². The Kier molecular flexibility index (Phi) is 22.3. The molecule has 0 saturated heterocycles. The zero-order valence-electron chi connectivity index (χ0n) is 30.5. The van der Waals surface area contributed by atoms with Crippen LogP contribution in [0.1, 0.15) is 51.8 Å². The first-order chi connectivity index (χ1) is 27.6. The van der Waals surface area contributed by atoms with Crippen molar-refractivity contribution in [3.8, 4) is 86.2 Å². The minimum Gasteiger partial charge on any atom is -0.545 e. The Hall–Kier alpha value is -7.59. The molecule has 0 atom stereocenters. The van der Waals surface area contributed by atoms with Gasteiger partial charge >= 0.3 is 41.0 Å². The second kappa shape index (κ2) is 24.5. The van der Waals surface area contributed by atoms with Crippen LogP contribution in [0.25, 0.3) is 0 Å². The van der Waals surface area contributed by atoms with Crippen molar-refractivity contribution in [2.24, 2.45) is 0 Å². The molecule has 0 heterocycles. The van der Waals surface area contributed by atoms with Crippen molar-refractivity contribution in [2.45, 2.75) is 0 Å². The van der Waals surface area contributed by atoms with E-state index in [1.54, 1.807) is 0 Å². The van der Waals surface area contributed by atoms with E-state index in [1.807, 2.05) is 0 Å². The Morgan fingerprint density at radius 2 is 0.403 bits per heavy atom. The van der Waals surface area contributed by atoms with E-state index in [0.29, 0.717) is 0 Å². The van der Waals surface area contributed by atoms with Gasteiger partial charge in [-0.3, -0.25) is 0 Å². The molecule has 5 aromatic carbocycles. The van der Waals surface area contributed by atoms with Gasteiger partial charge in [-0.2, -0.15) is 0 Å². The molecule has 0 aliphatic carbocycles. The second-order valence-corrected chi connectivity index (χ2v) is 10.8. The quantitative estimate of drug-likeness (QED) is 0.0776. The van der Waals surface area contributed by atoms with Gasteiger partial charge in [0.1, 0.15) is 0 Å². The van der Waals surface area contributed by atoms with Crippen LogP contribution >= 0.6 is 0 Å². The fourth-order valence-corrected chi connectivity index (χ4v) is 3.63. The Balaban J connectivity index is 0. The van der Waals surface area contributed by atoms with Gasteiger partial charge in [0.2, 0.25) is 0 Å². The monoisotopic (exact) mass is 1010 g/mol. The van der Waals surface area contributed by atoms with E-state index in [0.717, 1.165) is 60.7 Å². The number of hydrogen-bond donors (Lipinski definition) is 18. The summed E-state index contributed by atoms with van der Waals surface area (Å²) < 4.78 is 0. The summed E-state index contributed by atoms with van der Waals surface area (Å²) in [5.41, 5.74) is -1.67. The van der Waals surface area contributed by atoms with Crippen molar-refractivity contribution >= 4 is 52.9 Å². The molecule has 62 heavy (non-hydrogen) atoms. The predicted octanol–water partition coefficient (Wildman–Crippen LogP) is -0.542. The first-order valence-corrected chi connectivity index (χ1v) is 15.0. The van der Waals surface area contributed by atoms with E-state index < -0.39 is 127 Å². The van der Waals surface area contributed by atoms with Gasteiger partial charge in [-0.05, 0) is 60.7 Å². The van der Waals surface area contributed by atoms with Gasteiger partial charge in [0.05, 0.1) is 28.6 Å². The first-order valence-electron chi connectivity index (χ1n) is 15.0. The molecule has 27 heteroatoms. The molecule has 1 radical (unpaired) electrons. The van der Waals surface area contributed by atoms with Crippen LogP contribution in [-0.2, 0) is 0 Å². The SMILES string of the molecule is O=C(O)c1cc(O)c(O)c(O)c1.O=C(O)c1cc(O)c(O)c(O)c1.O=C(O)c1cc(O)c(O)c(O)c1.O=C([O-])c1cc(O)c(O)c(O)c1.O=C([O-])c1cc(O)c(O)c(O)c1.[La].[Mg+2]. The maximum Gasteiger partial charge on any atom is 2.00 e. The van der Waals surface area contributed by atoms with Gasteiger partial charge in [-0.15, -0.1) is 0 Å². The number of phenolic OH excluding ortho intramolecular Hbond substituents is 15. The van der Waals surface area contributed by atoms with E-state index in [2.05, 4.69) is 0 Å². The minimum atomic E-state index is -1.54. The number of carboxylic acids is 5. The summed E-state index contributed by atoms with van der Waals surface area (Å²) in [6, 6.07) is 8.20. The summed E-state index contributed by atoms with van der Waals surface area (Å²) in [5.74, 6) is -17.4. The number of carbonyl (C=O) groups is 5. The van der Waals surface area contributed by atoms with Gasteiger partial charge < -0.3 is 112 Å². The van der Waals surface area contributed by atoms with Crippen LogP contribution < -0.4 is 10.2 Å². The average Bonchev–Trinajstić information content (AvgIpc) is 3.15. The van der Waals surface area contributed by atoms with Gasteiger partial charge in [-0.1, -0.05) is 0 Å². The van der Waals surface area contributed by atoms with Crippen molar-refractivity contribution in [1.82, 2.24) is 0 Å². The average molecular weight is 1010 g/mol. The summed E-state index contributed by atoms with van der Waals surface area (Å²) in [7, 11) is 0. The molecular formula is C35H28LaMgO25. The Labute approximate surface area is 387 Å².